The molecule has 8 nitrogen and oxygen atoms in total. The van der Waals surface area contributed by atoms with Gasteiger partial charge in [-0.05, 0) is 36.4 Å². The van der Waals surface area contributed by atoms with E-state index in [1.165, 1.54) is 6.92 Å². The Morgan fingerprint density at radius 2 is 1.68 bits per heavy atom. The van der Waals surface area contributed by atoms with Crippen LogP contribution in [0.1, 0.15) is 6.92 Å². The molecule has 3 N–H and O–H groups in total. The maximum Gasteiger partial charge on any atom is 0.262 e. The summed E-state index contributed by atoms with van der Waals surface area (Å²) < 4.78 is 5.74. The Labute approximate surface area is 162 Å². The number of ether oxygens (including phenoxy) is 1. The third kappa shape index (κ3) is 4.59. The highest BCUT2D eigenvalue weighted by atomic mass is 16.5. The predicted octanol–water partition coefficient (Wildman–Crippen LogP) is 1.60. The van der Waals surface area contributed by atoms with E-state index in [2.05, 4.69) is 16.0 Å². The fourth-order valence-electron chi connectivity index (χ4n) is 2.97. The van der Waals surface area contributed by atoms with Crippen LogP contribution < -0.4 is 25.6 Å². The van der Waals surface area contributed by atoms with Crippen molar-refractivity contribution in [3.63, 3.8) is 0 Å². The number of hydrogen-bond donors (Lipinski definition) is 3. The van der Waals surface area contributed by atoms with E-state index in [-0.39, 0.29) is 30.8 Å². The lowest BCUT2D eigenvalue weighted by molar-refractivity contribution is -0.127. The average Bonchev–Trinajstić information content (AvgIpc) is 2.68. The normalized spacial score (nSPS) is 15.1. The van der Waals surface area contributed by atoms with Gasteiger partial charge < -0.3 is 25.6 Å². The highest BCUT2D eigenvalue weighted by Gasteiger charge is 2.30. The summed E-state index contributed by atoms with van der Waals surface area (Å²) in [4.78, 5) is 37.4. The first kappa shape index (κ1) is 19.2. The van der Waals surface area contributed by atoms with E-state index in [0.29, 0.717) is 17.1 Å². The summed E-state index contributed by atoms with van der Waals surface area (Å²) >= 11 is 0. The summed E-state index contributed by atoms with van der Waals surface area (Å²) in [5.74, 6) is -0.0589. The SMILES string of the molecule is CNC(=O)[C@@H]1CN(CC(=O)Nc2ccc(NC(C)=O)cc2)c2ccccc2O1. The van der Waals surface area contributed by atoms with Gasteiger partial charge in [-0.3, -0.25) is 14.4 Å². The van der Waals surface area contributed by atoms with Gasteiger partial charge in [0.2, 0.25) is 11.8 Å². The van der Waals surface area contributed by atoms with Crippen LogP contribution in [0.5, 0.6) is 5.75 Å². The molecule has 3 rings (SSSR count). The monoisotopic (exact) mass is 382 g/mol. The minimum absolute atomic E-state index is 0.0707. The Morgan fingerprint density at radius 1 is 1.04 bits per heavy atom. The fraction of sp³-hybridized carbons (Fsp3) is 0.250. The first-order valence-electron chi connectivity index (χ1n) is 8.86. The molecule has 0 spiro atoms. The molecule has 1 atom stereocenters. The molecule has 0 saturated heterocycles. The summed E-state index contributed by atoms with van der Waals surface area (Å²) in [6.07, 6.45) is -0.690. The zero-order valence-corrected chi connectivity index (χ0v) is 15.7. The molecule has 1 aliphatic heterocycles. The molecule has 0 radical (unpaired) electrons. The molecule has 0 aromatic heterocycles. The van der Waals surface area contributed by atoms with Crippen LogP contribution in [-0.4, -0.2) is 44.0 Å². The van der Waals surface area contributed by atoms with E-state index in [9.17, 15) is 14.4 Å². The Kier molecular flexibility index (Phi) is 5.78. The van der Waals surface area contributed by atoms with Gasteiger partial charge in [0, 0.05) is 25.3 Å². The zero-order chi connectivity index (χ0) is 20.1. The Balaban J connectivity index is 1.68. The average molecular weight is 382 g/mol. The van der Waals surface area contributed by atoms with E-state index in [0.717, 1.165) is 5.69 Å². The molecule has 2 aromatic rings. The Hall–Kier alpha value is -3.55. The first-order valence-corrected chi connectivity index (χ1v) is 8.86. The number of carbonyl (C=O) groups is 3. The molecule has 0 unspecified atom stereocenters. The number of benzene rings is 2. The highest BCUT2D eigenvalue weighted by molar-refractivity contribution is 5.95. The van der Waals surface area contributed by atoms with Crippen molar-refractivity contribution in [3.8, 4) is 5.75 Å². The second kappa shape index (κ2) is 8.43. The van der Waals surface area contributed by atoms with Crippen LogP contribution in [-0.2, 0) is 14.4 Å². The van der Waals surface area contributed by atoms with E-state index < -0.39 is 6.10 Å². The molecular weight excluding hydrogens is 360 g/mol. The fourth-order valence-corrected chi connectivity index (χ4v) is 2.97. The first-order chi connectivity index (χ1) is 13.5. The van der Waals surface area contributed by atoms with Crippen molar-refractivity contribution in [1.29, 1.82) is 0 Å². The van der Waals surface area contributed by atoms with E-state index in [1.807, 2.05) is 23.1 Å². The molecular formula is C20H22N4O4. The van der Waals surface area contributed by atoms with Gasteiger partial charge in [0.15, 0.2) is 6.10 Å². The third-order valence-corrected chi connectivity index (χ3v) is 4.22. The Morgan fingerprint density at radius 3 is 2.32 bits per heavy atom. The van der Waals surface area contributed by atoms with Crippen LogP contribution in [0.2, 0.25) is 0 Å². The quantitative estimate of drug-likeness (QED) is 0.729. The minimum atomic E-state index is -0.690. The van der Waals surface area contributed by atoms with Crippen LogP contribution in [0.15, 0.2) is 48.5 Å². The second-order valence-corrected chi connectivity index (χ2v) is 6.38. The molecule has 3 amide bonds. The molecule has 0 aliphatic carbocycles. The summed E-state index contributed by atoms with van der Waals surface area (Å²) in [5, 5.41) is 8.07. The Bertz CT molecular complexity index is 882. The molecule has 28 heavy (non-hydrogen) atoms. The predicted molar refractivity (Wildman–Crippen MR) is 107 cm³/mol. The molecule has 0 saturated carbocycles. The molecule has 1 heterocycles. The molecule has 1 aliphatic rings. The van der Waals surface area contributed by atoms with Crippen molar-refractivity contribution in [1.82, 2.24) is 5.32 Å². The summed E-state index contributed by atoms with van der Waals surface area (Å²) in [6, 6.07) is 14.1. The molecule has 146 valence electrons. The topological polar surface area (TPSA) is 99.8 Å². The van der Waals surface area contributed by atoms with Gasteiger partial charge in [-0.25, -0.2) is 0 Å². The molecule has 2 aromatic carbocycles. The van der Waals surface area contributed by atoms with Crippen molar-refractivity contribution >= 4 is 34.8 Å². The zero-order valence-electron chi connectivity index (χ0n) is 15.7. The highest BCUT2D eigenvalue weighted by Crippen LogP contribution is 2.33. The number of amides is 3. The largest absolute Gasteiger partial charge is 0.477 e. The van der Waals surface area contributed by atoms with E-state index in [1.54, 1.807) is 37.4 Å². The van der Waals surface area contributed by atoms with Gasteiger partial charge in [-0.2, -0.15) is 0 Å². The maximum absolute atomic E-state index is 12.5. The van der Waals surface area contributed by atoms with Crippen LogP contribution >= 0.6 is 0 Å². The number of fused-ring (bicyclic) bond motifs is 1. The number of anilines is 3. The van der Waals surface area contributed by atoms with Crippen LogP contribution in [0.25, 0.3) is 0 Å². The summed E-state index contributed by atoms with van der Waals surface area (Å²) in [5.41, 5.74) is 2.03. The summed E-state index contributed by atoms with van der Waals surface area (Å²) in [7, 11) is 1.55. The van der Waals surface area contributed by atoms with Crippen LogP contribution in [0.3, 0.4) is 0 Å². The maximum atomic E-state index is 12.5. The van der Waals surface area contributed by atoms with Crippen molar-refractivity contribution in [3.05, 3.63) is 48.5 Å². The van der Waals surface area contributed by atoms with Gasteiger partial charge in [0.05, 0.1) is 18.8 Å². The standard InChI is InChI=1S/C20H22N4O4/c1-13(25)22-14-7-9-15(10-8-14)23-19(26)12-24-11-18(20(27)21-2)28-17-6-4-3-5-16(17)24/h3-10,18H,11-12H2,1-2H3,(H,21,27)(H,22,25)(H,23,26)/t18-/m0/s1. The van der Waals surface area contributed by atoms with Gasteiger partial charge in [-0.1, -0.05) is 12.1 Å². The van der Waals surface area contributed by atoms with Gasteiger partial charge in [0.25, 0.3) is 5.91 Å². The smallest absolute Gasteiger partial charge is 0.262 e. The van der Waals surface area contributed by atoms with Gasteiger partial charge in [0.1, 0.15) is 5.75 Å². The third-order valence-electron chi connectivity index (χ3n) is 4.22. The van der Waals surface area contributed by atoms with Crippen molar-refractivity contribution in [2.24, 2.45) is 0 Å². The number of hydrogen-bond acceptors (Lipinski definition) is 5. The van der Waals surface area contributed by atoms with Gasteiger partial charge in [-0.15, -0.1) is 0 Å². The van der Waals surface area contributed by atoms with Crippen molar-refractivity contribution < 1.29 is 19.1 Å². The van der Waals surface area contributed by atoms with Crippen molar-refractivity contribution in [2.75, 3.05) is 35.7 Å². The lowest BCUT2D eigenvalue weighted by atomic mass is 10.1. The van der Waals surface area contributed by atoms with Crippen LogP contribution in [0, 0.1) is 0 Å². The van der Waals surface area contributed by atoms with E-state index in [4.69, 9.17) is 4.74 Å². The summed E-state index contributed by atoms with van der Waals surface area (Å²) in [6.45, 7) is 1.77. The van der Waals surface area contributed by atoms with E-state index >= 15 is 0 Å². The second-order valence-electron chi connectivity index (χ2n) is 6.38. The number of nitrogens with zero attached hydrogens (tertiary/aromatic N) is 1. The molecule has 0 fully saturated rings. The molecule has 0 bridgehead atoms. The number of para-hydroxylation sites is 2. The van der Waals surface area contributed by atoms with Crippen molar-refractivity contribution in [2.45, 2.75) is 13.0 Å². The number of likely N-dealkylation sites (N-methyl/N-ethyl adjacent to an activating group) is 1. The molecule has 8 heteroatoms. The van der Waals surface area contributed by atoms with Crippen LogP contribution in [0.4, 0.5) is 17.1 Å². The number of carbonyl (C=O) groups excluding carboxylic acids is 3. The van der Waals surface area contributed by atoms with Gasteiger partial charge >= 0.3 is 0 Å². The minimum Gasteiger partial charge on any atom is -0.477 e. The lowest BCUT2D eigenvalue weighted by Gasteiger charge is -2.34. The lowest BCUT2D eigenvalue weighted by Crippen LogP contribution is -2.50. The number of nitrogens with one attached hydrogen (secondary N) is 3. The number of rotatable bonds is 5.